The van der Waals surface area contributed by atoms with E-state index in [1.54, 1.807) is 5.57 Å². The lowest BCUT2D eigenvalue weighted by atomic mass is 9.47. The van der Waals surface area contributed by atoms with E-state index in [1.165, 1.54) is 161 Å². The number of nitrogens with zero attached hydrogens (tertiary/aromatic N) is 1. The second-order valence-electron chi connectivity index (χ2n) is 23.7. The van der Waals surface area contributed by atoms with Crippen molar-refractivity contribution in [3.63, 3.8) is 0 Å². The maximum atomic E-state index is 7.14. The molecule has 0 bridgehead atoms. The van der Waals surface area contributed by atoms with Gasteiger partial charge in [-0.2, -0.15) is 0 Å². The first-order valence-corrected chi connectivity index (χ1v) is 26.8. The Hall–Kier alpha value is -0.420. The van der Waals surface area contributed by atoms with Crippen molar-refractivity contribution in [2.75, 3.05) is 33.9 Å². The van der Waals surface area contributed by atoms with Crippen molar-refractivity contribution in [1.82, 2.24) is 4.90 Å². The summed E-state index contributed by atoms with van der Waals surface area (Å²) in [5.41, 5.74) is 1.80. The molecule has 0 N–H and O–H groups in total. The Morgan fingerprint density at radius 1 is 0.700 bits per heavy atom. The molecule has 0 radical (unpaired) electrons. The molecule has 0 aliphatic heterocycles. The monoisotopic (exact) mass is 840 g/mol. The van der Waals surface area contributed by atoms with Gasteiger partial charge in [-0.15, -0.1) is 0 Å². The minimum atomic E-state index is -0.430. The molecular weight excluding hydrogens is 735 g/mol. The zero-order valence-corrected chi connectivity index (χ0v) is 42.6. The van der Waals surface area contributed by atoms with Gasteiger partial charge < -0.3 is 19.1 Å². The largest absolute Gasteiger partial charge is 0.374 e. The molecule has 0 aromatic rings. The molecule has 3 saturated carbocycles. The number of fused-ring (bicyclic) bond motifs is 5. The maximum absolute atomic E-state index is 7.14. The molecule has 352 valence electrons. The third-order valence-corrected chi connectivity index (χ3v) is 17.7. The lowest BCUT2D eigenvalue weighted by molar-refractivity contribution is -0.213. The normalized spacial score (nSPS) is 29.4. The first kappa shape index (κ1) is 52.2. The number of likely N-dealkylation sites (N-methyl/N-ethyl adjacent to an activating group) is 1. The lowest BCUT2D eigenvalue weighted by Gasteiger charge is -2.59. The van der Waals surface area contributed by atoms with E-state index in [0.29, 0.717) is 17.4 Å². The highest BCUT2D eigenvalue weighted by Crippen LogP contribution is 2.67. The van der Waals surface area contributed by atoms with Crippen LogP contribution < -0.4 is 0 Å². The summed E-state index contributed by atoms with van der Waals surface area (Å²) in [4.78, 5) is 2.24. The summed E-state index contributed by atoms with van der Waals surface area (Å²) in [7, 11) is 4.30. The van der Waals surface area contributed by atoms with Crippen LogP contribution in [0.4, 0.5) is 0 Å². The van der Waals surface area contributed by atoms with E-state index in [4.69, 9.17) is 14.2 Å². The van der Waals surface area contributed by atoms with Crippen LogP contribution in [-0.2, 0) is 14.2 Å². The molecule has 0 spiro atoms. The topological polar surface area (TPSA) is 30.9 Å². The molecule has 3 fully saturated rings. The van der Waals surface area contributed by atoms with Gasteiger partial charge in [-0.1, -0.05) is 169 Å². The van der Waals surface area contributed by atoms with Crippen LogP contribution in [0.5, 0.6) is 0 Å². The molecule has 0 aromatic heterocycles. The first-order chi connectivity index (χ1) is 28.5. The number of hydrogen-bond donors (Lipinski definition) is 0. The minimum absolute atomic E-state index is 0.0720. The number of ether oxygens (including phenoxy) is 3. The highest BCUT2D eigenvalue weighted by Gasteiger charge is 2.59. The molecule has 0 aromatic carbocycles. The standard InChI is InChI=1S/C56H105NO3/c1-13-14-15-16-17-18-19-20-21-22-23-24-25-26-27-28-40-58-48(42-57(11)12)43-59-53(5,6)54(7,8)60-47-36-38-55(9)46(41-47)32-33-49-51-35-34-50(45(4)31-29-30-44(2)3)56(51,10)39-37-52(49)55/h32,44-45,47-52H,13-31,33-43H2,1-12H3/t45-,47+,48?,49?,50-,51?,52?,55+,56-/m1/s1. The Balaban J connectivity index is 1.16. The highest BCUT2D eigenvalue weighted by molar-refractivity contribution is 5.25. The Bertz CT molecular complexity index is 1210. The van der Waals surface area contributed by atoms with E-state index in [-0.39, 0.29) is 12.2 Å². The summed E-state index contributed by atoms with van der Waals surface area (Å²) in [5, 5.41) is 0. The molecule has 0 heterocycles. The van der Waals surface area contributed by atoms with Crippen molar-refractivity contribution in [2.24, 2.45) is 46.3 Å². The fourth-order valence-electron chi connectivity index (χ4n) is 13.2. The molecule has 9 atom stereocenters. The smallest absolute Gasteiger partial charge is 0.0935 e. The van der Waals surface area contributed by atoms with Gasteiger partial charge in [-0.25, -0.2) is 0 Å². The number of rotatable bonds is 31. The van der Waals surface area contributed by atoms with Crippen molar-refractivity contribution in [3.05, 3.63) is 11.6 Å². The Morgan fingerprint density at radius 3 is 1.88 bits per heavy atom. The van der Waals surface area contributed by atoms with Crippen LogP contribution in [0.3, 0.4) is 0 Å². The number of hydrogen-bond acceptors (Lipinski definition) is 4. The Kier molecular flexibility index (Phi) is 22.0. The van der Waals surface area contributed by atoms with Gasteiger partial charge in [0.2, 0.25) is 0 Å². The van der Waals surface area contributed by atoms with Crippen LogP contribution in [0.25, 0.3) is 0 Å². The fraction of sp³-hybridized carbons (Fsp3) is 0.964. The molecule has 4 heteroatoms. The average Bonchev–Trinajstić information content (AvgIpc) is 3.55. The zero-order chi connectivity index (χ0) is 43.8. The molecule has 4 unspecified atom stereocenters. The van der Waals surface area contributed by atoms with Crippen molar-refractivity contribution in [3.8, 4) is 0 Å². The van der Waals surface area contributed by atoms with E-state index in [0.717, 1.165) is 61.5 Å². The van der Waals surface area contributed by atoms with Crippen molar-refractivity contribution < 1.29 is 14.2 Å². The third-order valence-electron chi connectivity index (χ3n) is 17.7. The fourth-order valence-corrected chi connectivity index (χ4v) is 13.2. The van der Waals surface area contributed by atoms with Crippen LogP contribution in [0, 0.1) is 46.3 Å². The summed E-state index contributed by atoms with van der Waals surface area (Å²) in [5.74, 6) is 5.30. The van der Waals surface area contributed by atoms with E-state index in [9.17, 15) is 0 Å². The predicted molar refractivity (Wildman–Crippen MR) is 260 cm³/mol. The molecule has 60 heavy (non-hydrogen) atoms. The molecule has 0 saturated heterocycles. The predicted octanol–water partition coefficient (Wildman–Crippen LogP) is 16.2. The Labute approximate surface area is 375 Å². The summed E-state index contributed by atoms with van der Waals surface area (Å²) in [6, 6.07) is 0. The lowest BCUT2D eigenvalue weighted by Crippen LogP contribution is -2.54. The van der Waals surface area contributed by atoms with Gasteiger partial charge >= 0.3 is 0 Å². The minimum Gasteiger partial charge on any atom is -0.374 e. The van der Waals surface area contributed by atoms with Crippen LogP contribution >= 0.6 is 0 Å². The zero-order valence-electron chi connectivity index (χ0n) is 42.6. The molecular formula is C56H105NO3. The quantitative estimate of drug-likeness (QED) is 0.0514. The molecule has 4 rings (SSSR count). The second kappa shape index (κ2) is 25.3. The van der Waals surface area contributed by atoms with Gasteiger partial charge in [-0.05, 0) is 146 Å². The third kappa shape index (κ3) is 15.1. The van der Waals surface area contributed by atoms with Gasteiger partial charge in [0, 0.05) is 13.2 Å². The maximum Gasteiger partial charge on any atom is 0.0935 e. The summed E-state index contributed by atoms with van der Waals surface area (Å²) in [6.45, 7) is 26.4. The van der Waals surface area contributed by atoms with Gasteiger partial charge in [-0.3, -0.25) is 0 Å². The van der Waals surface area contributed by atoms with Crippen LogP contribution in [0.1, 0.15) is 243 Å². The summed E-state index contributed by atoms with van der Waals surface area (Å²) in [6.07, 6.45) is 40.3. The van der Waals surface area contributed by atoms with Gasteiger partial charge in [0.05, 0.1) is 30.0 Å². The van der Waals surface area contributed by atoms with Crippen LogP contribution in [0.2, 0.25) is 0 Å². The van der Waals surface area contributed by atoms with E-state index < -0.39 is 11.2 Å². The van der Waals surface area contributed by atoms with E-state index in [2.05, 4.69) is 94.3 Å². The van der Waals surface area contributed by atoms with Gasteiger partial charge in [0.25, 0.3) is 0 Å². The van der Waals surface area contributed by atoms with E-state index >= 15 is 0 Å². The van der Waals surface area contributed by atoms with Crippen LogP contribution in [0.15, 0.2) is 11.6 Å². The SMILES string of the molecule is CCCCCCCCCCCCCCCCCCOC(COC(C)(C)C(C)(C)O[C@H]1CC[C@@]2(C)C(=CCC3C2CC[C@@]2(C)C3CC[C@@H]2[C@H](C)CCCC(C)C)C1)CN(C)C. The summed E-state index contributed by atoms with van der Waals surface area (Å²) < 4.78 is 20.4. The molecule has 4 aliphatic rings. The molecule has 4 nitrogen and oxygen atoms in total. The van der Waals surface area contributed by atoms with Gasteiger partial charge in [0.15, 0.2) is 0 Å². The molecule has 4 aliphatic carbocycles. The van der Waals surface area contributed by atoms with Crippen molar-refractivity contribution in [2.45, 2.75) is 266 Å². The van der Waals surface area contributed by atoms with E-state index in [1.807, 2.05) is 0 Å². The second-order valence-corrected chi connectivity index (χ2v) is 23.7. The van der Waals surface area contributed by atoms with Crippen molar-refractivity contribution in [1.29, 1.82) is 0 Å². The number of allylic oxidation sites excluding steroid dienone is 1. The summed E-state index contributed by atoms with van der Waals surface area (Å²) >= 11 is 0. The highest BCUT2D eigenvalue weighted by atomic mass is 16.6. The van der Waals surface area contributed by atoms with Gasteiger partial charge in [0.1, 0.15) is 0 Å². The average molecular weight is 840 g/mol. The molecule has 0 amide bonds. The van der Waals surface area contributed by atoms with Crippen LogP contribution in [-0.4, -0.2) is 62.2 Å². The number of unbranched alkanes of at least 4 members (excludes halogenated alkanes) is 15. The Morgan fingerprint density at radius 2 is 1.30 bits per heavy atom. The first-order valence-electron chi connectivity index (χ1n) is 26.8. The van der Waals surface area contributed by atoms with Crippen molar-refractivity contribution >= 4 is 0 Å².